The minimum Gasteiger partial charge on any atom is -0.364 e. The van der Waals surface area contributed by atoms with Gasteiger partial charge in [-0.3, -0.25) is 9.59 Å². The van der Waals surface area contributed by atoms with Crippen LogP contribution >= 0.6 is 0 Å². The highest BCUT2D eigenvalue weighted by Crippen LogP contribution is 2.01. The van der Waals surface area contributed by atoms with Gasteiger partial charge < -0.3 is 10.7 Å². The van der Waals surface area contributed by atoms with Crippen LogP contribution in [0.15, 0.2) is 0 Å². The fraction of sp³-hybridized carbons (Fsp3) is 0.167. The Bertz CT molecular complexity index is 303. The van der Waals surface area contributed by atoms with Crippen LogP contribution in [0, 0.1) is 6.92 Å². The van der Waals surface area contributed by atoms with Crippen LogP contribution in [0.1, 0.15) is 26.8 Å². The second-order valence-electron chi connectivity index (χ2n) is 2.08. The van der Waals surface area contributed by atoms with E-state index < -0.39 is 5.91 Å². The molecule has 11 heavy (non-hydrogen) atoms. The van der Waals surface area contributed by atoms with E-state index in [9.17, 15) is 9.59 Å². The van der Waals surface area contributed by atoms with Crippen LogP contribution in [-0.2, 0) is 0 Å². The highest BCUT2D eigenvalue weighted by Gasteiger charge is 2.09. The van der Waals surface area contributed by atoms with E-state index in [0.717, 1.165) is 0 Å². The van der Waals surface area contributed by atoms with Gasteiger partial charge in [0.25, 0.3) is 5.91 Å². The third kappa shape index (κ3) is 1.26. The van der Waals surface area contributed by atoms with Crippen molar-refractivity contribution in [1.82, 2.24) is 9.97 Å². The average molecular weight is 153 g/mol. The van der Waals surface area contributed by atoms with Gasteiger partial charge in [0.2, 0.25) is 0 Å². The molecule has 5 nitrogen and oxygen atoms in total. The first kappa shape index (κ1) is 7.46. The summed E-state index contributed by atoms with van der Waals surface area (Å²) < 4.78 is 0. The summed E-state index contributed by atoms with van der Waals surface area (Å²) >= 11 is 0. The molecule has 0 atom stereocenters. The molecule has 0 fully saturated rings. The van der Waals surface area contributed by atoms with E-state index in [1.165, 1.54) is 0 Å². The molecule has 0 bridgehead atoms. The number of rotatable bonds is 2. The first-order valence-electron chi connectivity index (χ1n) is 2.96. The lowest BCUT2D eigenvalue weighted by atomic mass is 10.3. The molecule has 1 aromatic rings. The second-order valence-corrected chi connectivity index (χ2v) is 2.08. The summed E-state index contributed by atoms with van der Waals surface area (Å²) in [5, 5.41) is 0. The van der Waals surface area contributed by atoms with Crippen LogP contribution in [-0.4, -0.2) is 22.2 Å². The highest BCUT2D eigenvalue weighted by molar-refractivity contribution is 5.92. The molecule has 58 valence electrons. The third-order valence-electron chi connectivity index (χ3n) is 1.25. The van der Waals surface area contributed by atoms with E-state index in [1.54, 1.807) is 6.92 Å². The zero-order valence-electron chi connectivity index (χ0n) is 5.92. The number of aromatic nitrogens is 2. The number of nitrogens with one attached hydrogen (secondary N) is 1. The van der Waals surface area contributed by atoms with Crippen molar-refractivity contribution in [2.45, 2.75) is 6.92 Å². The predicted octanol–water partition coefficient (Wildman–Crippen LogP) is -0.370. The Kier molecular flexibility index (Phi) is 1.72. The van der Waals surface area contributed by atoms with Crippen molar-refractivity contribution in [3.05, 3.63) is 17.2 Å². The van der Waals surface area contributed by atoms with Gasteiger partial charge in [0.05, 0.1) is 0 Å². The van der Waals surface area contributed by atoms with Crippen molar-refractivity contribution in [3.8, 4) is 0 Å². The molecule has 0 aliphatic rings. The van der Waals surface area contributed by atoms with Crippen LogP contribution in [0.5, 0.6) is 0 Å². The summed E-state index contributed by atoms with van der Waals surface area (Å²) in [6.07, 6.45) is 0.527. The number of carbonyl (C=O) groups excluding carboxylic acids is 2. The van der Waals surface area contributed by atoms with E-state index in [4.69, 9.17) is 5.73 Å². The molecule has 1 heterocycles. The maximum Gasteiger partial charge on any atom is 0.269 e. The minimum atomic E-state index is -0.633. The number of imidazole rings is 1. The molecule has 0 spiro atoms. The Morgan fingerprint density at radius 1 is 1.73 bits per heavy atom. The first-order valence-corrected chi connectivity index (χ1v) is 2.96. The zero-order valence-corrected chi connectivity index (χ0v) is 5.92. The van der Waals surface area contributed by atoms with Crippen molar-refractivity contribution in [3.63, 3.8) is 0 Å². The number of hydrogen-bond donors (Lipinski definition) is 2. The quantitative estimate of drug-likeness (QED) is 0.568. The van der Waals surface area contributed by atoms with E-state index in [-0.39, 0.29) is 11.5 Å². The number of nitrogens with zero attached hydrogens (tertiary/aromatic N) is 1. The van der Waals surface area contributed by atoms with Crippen molar-refractivity contribution in [1.29, 1.82) is 0 Å². The summed E-state index contributed by atoms with van der Waals surface area (Å²) in [6.45, 7) is 1.63. The maximum atomic E-state index is 10.6. The summed E-state index contributed by atoms with van der Waals surface area (Å²) in [4.78, 5) is 26.9. The Hall–Kier alpha value is -1.65. The minimum absolute atomic E-state index is 0.118. The molecule has 0 aliphatic carbocycles. The topological polar surface area (TPSA) is 88.8 Å². The number of nitrogens with two attached hydrogens (primary N) is 1. The van der Waals surface area contributed by atoms with Gasteiger partial charge in [0.1, 0.15) is 5.69 Å². The molecular weight excluding hydrogens is 146 g/mol. The van der Waals surface area contributed by atoms with Crippen LogP contribution in [0.2, 0.25) is 0 Å². The highest BCUT2D eigenvalue weighted by atomic mass is 16.1. The first-order chi connectivity index (χ1) is 5.15. The van der Waals surface area contributed by atoms with E-state index in [2.05, 4.69) is 9.97 Å². The number of aldehydes is 1. The van der Waals surface area contributed by atoms with Gasteiger partial charge in [-0.1, -0.05) is 0 Å². The molecule has 5 heteroatoms. The molecule has 1 rings (SSSR count). The molecule has 3 N–H and O–H groups in total. The number of H-pyrrole nitrogens is 1. The Morgan fingerprint density at radius 3 is 2.64 bits per heavy atom. The summed E-state index contributed by atoms with van der Waals surface area (Å²) in [6, 6.07) is 0. The average Bonchev–Trinajstić information content (AvgIpc) is 2.30. The summed E-state index contributed by atoms with van der Waals surface area (Å²) in [7, 11) is 0. The van der Waals surface area contributed by atoms with Gasteiger partial charge in [-0.2, -0.15) is 0 Å². The molecular formula is C6H7N3O2. The normalized spacial score (nSPS) is 9.55. The van der Waals surface area contributed by atoms with Crippen LogP contribution in [0.3, 0.4) is 0 Å². The molecule has 0 unspecified atom stereocenters. The molecule has 0 saturated heterocycles. The number of aryl methyl sites for hydroxylation is 1. The maximum absolute atomic E-state index is 10.6. The molecule has 0 aliphatic heterocycles. The fourth-order valence-electron chi connectivity index (χ4n) is 0.779. The predicted molar refractivity (Wildman–Crippen MR) is 37.2 cm³/mol. The van der Waals surface area contributed by atoms with Gasteiger partial charge in [0, 0.05) is 5.69 Å². The van der Waals surface area contributed by atoms with Crippen molar-refractivity contribution in [2.75, 3.05) is 0 Å². The van der Waals surface area contributed by atoms with Gasteiger partial charge in [-0.25, -0.2) is 4.98 Å². The van der Waals surface area contributed by atoms with E-state index in [0.29, 0.717) is 12.0 Å². The summed E-state index contributed by atoms with van der Waals surface area (Å²) in [5.41, 5.74) is 5.58. The molecule has 1 aromatic heterocycles. The van der Waals surface area contributed by atoms with Crippen LogP contribution in [0.25, 0.3) is 0 Å². The lowest BCUT2D eigenvalue weighted by Crippen LogP contribution is -2.12. The second kappa shape index (κ2) is 2.53. The molecule has 0 radical (unpaired) electrons. The van der Waals surface area contributed by atoms with Crippen LogP contribution < -0.4 is 5.73 Å². The third-order valence-corrected chi connectivity index (χ3v) is 1.25. The van der Waals surface area contributed by atoms with E-state index in [1.807, 2.05) is 0 Å². The Morgan fingerprint density at radius 2 is 2.36 bits per heavy atom. The largest absolute Gasteiger partial charge is 0.364 e. The van der Waals surface area contributed by atoms with Gasteiger partial charge in [-0.15, -0.1) is 0 Å². The Balaban J connectivity index is 3.16. The summed E-state index contributed by atoms with van der Waals surface area (Å²) in [5.74, 6) is -0.511. The van der Waals surface area contributed by atoms with Gasteiger partial charge in [0.15, 0.2) is 12.1 Å². The number of primary amides is 1. The number of amides is 1. The zero-order chi connectivity index (χ0) is 8.43. The smallest absolute Gasteiger partial charge is 0.269 e. The van der Waals surface area contributed by atoms with Crippen molar-refractivity contribution in [2.24, 2.45) is 5.73 Å². The lowest BCUT2D eigenvalue weighted by Gasteiger charge is -1.86. The van der Waals surface area contributed by atoms with Crippen molar-refractivity contribution < 1.29 is 9.59 Å². The van der Waals surface area contributed by atoms with Crippen molar-refractivity contribution >= 4 is 12.2 Å². The SMILES string of the molecule is Cc1[nH]c(C=O)nc1C(N)=O. The van der Waals surface area contributed by atoms with Gasteiger partial charge >= 0.3 is 0 Å². The van der Waals surface area contributed by atoms with E-state index >= 15 is 0 Å². The number of carbonyl (C=O) groups is 2. The number of aromatic amines is 1. The molecule has 0 aromatic carbocycles. The molecule has 0 saturated carbocycles. The number of hydrogen-bond acceptors (Lipinski definition) is 3. The van der Waals surface area contributed by atoms with Gasteiger partial charge in [-0.05, 0) is 6.92 Å². The molecule has 1 amide bonds. The Labute approximate surface area is 62.6 Å². The fourth-order valence-corrected chi connectivity index (χ4v) is 0.779. The monoisotopic (exact) mass is 153 g/mol. The van der Waals surface area contributed by atoms with Crippen LogP contribution in [0.4, 0.5) is 0 Å². The standard InChI is InChI=1S/C6H7N3O2/c1-3-5(6(7)11)9-4(2-10)8-3/h2H,1H3,(H2,7,11)(H,8,9). The lowest BCUT2D eigenvalue weighted by molar-refractivity contribution is 0.0995.